The molecule has 0 saturated heterocycles. The fourth-order valence-corrected chi connectivity index (χ4v) is 3.24. The van der Waals surface area contributed by atoms with E-state index in [1.165, 1.54) is 0 Å². The second kappa shape index (κ2) is 12.0. The van der Waals surface area contributed by atoms with Gasteiger partial charge in [-0.05, 0) is 55.3 Å². The molecule has 33 heavy (non-hydrogen) atoms. The van der Waals surface area contributed by atoms with Crippen LogP contribution in [0.1, 0.15) is 35.3 Å². The molecule has 3 aromatic rings. The second-order valence-electron chi connectivity index (χ2n) is 7.25. The van der Waals surface area contributed by atoms with E-state index in [1.54, 1.807) is 36.6 Å². The molecule has 0 unspecified atom stereocenters. The van der Waals surface area contributed by atoms with E-state index < -0.39 is 5.91 Å². The Kier molecular flexibility index (Phi) is 8.54. The number of rotatable bonds is 9. The molecule has 0 aliphatic heterocycles. The Balaban J connectivity index is 1.81. The number of hydrogen-bond donors (Lipinski definition) is 2. The van der Waals surface area contributed by atoms with E-state index in [-0.39, 0.29) is 11.6 Å². The third kappa shape index (κ3) is 6.90. The maximum atomic E-state index is 12.9. The molecule has 6 heteroatoms. The molecule has 0 atom stereocenters. The number of amides is 2. The van der Waals surface area contributed by atoms with E-state index in [0.29, 0.717) is 5.56 Å². The van der Waals surface area contributed by atoms with Crippen molar-refractivity contribution in [2.45, 2.75) is 13.8 Å². The largest absolute Gasteiger partial charge is 0.372 e. The molecule has 0 heterocycles. The zero-order valence-corrected chi connectivity index (χ0v) is 18.9. The van der Waals surface area contributed by atoms with Gasteiger partial charge >= 0.3 is 0 Å². The Bertz CT molecular complexity index is 1100. The van der Waals surface area contributed by atoms with Crippen LogP contribution >= 0.6 is 0 Å². The first kappa shape index (κ1) is 23.5. The van der Waals surface area contributed by atoms with Crippen molar-refractivity contribution in [3.8, 4) is 0 Å². The van der Waals surface area contributed by atoms with Crippen molar-refractivity contribution in [3.05, 3.63) is 107 Å². The monoisotopic (exact) mass is 440 g/mol. The summed E-state index contributed by atoms with van der Waals surface area (Å²) in [5.74, 6) is -0.886. The predicted octanol–water partition coefficient (Wildman–Crippen LogP) is 4.45. The molecule has 2 N–H and O–H groups in total. The summed E-state index contributed by atoms with van der Waals surface area (Å²) in [5, 5.41) is 6.74. The molecule has 0 aliphatic carbocycles. The minimum absolute atomic E-state index is 0.102. The summed E-state index contributed by atoms with van der Waals surface area (Å²) in [6, 6.07) is 26.0. The molecule has 2 amide bonds. The van der Waals surface area contributed by atoms with Crippen molar-refractivity contribution >= 4 is 29.8 Å². The number of hydrazone groups is 1. The number of nitrogens with zero attached hydrogens (tertiary/aromatic N) is 2. The average Bonchev–Trinajstić information content (AvgIpc) is 2.86. The zero-order valence-electron chi connectivity index (χ0n) is 18.9. The van der Waals surface area contributed by atoms with Gasteiger partial charge in [-0.2, -0.15) is 5.10 Å². The van der Waals surface area contributed by atoms with Crippen LogP contribution in [-0.2, 0) is 4.79 Å². The van der Waals surface area contributed by atoms with Crippen LogP contribution in [0.5, 0.6) is 0 Å². The van der Waals surface area contributed by atoms with E-state index in [1.807, 2.05) is 60.7 Å². The smallest absolute Gasteiger partial charge is 0.287 e. The lowest BCUT2D eigenvalue weighted by atomic mass is 10.1. The normalized spacial score (nSPS) is 11.3. The van der Waals surface area contributed by atoms with Gasteiger partial charge in [0.25, 0.3) is 11.8 Å². The van der Waals surface area contributed by atoms with E-state index in [9.17, 15) is 9.59 Å². The summed E-state index contributed by atoms with van der Waals surface area (Å²) in [5.41, 5.74) is 5.80. The zero-order chi connectivity index (χ0) is 23.5. The maximum absolute atomic E-state index is 12.9. The second-order valence-corrected chi connectivity index (χ2v) is 7.25. The molecular formula is C27H28N4O2. The van der Waals surface area contributed by atoms with Crippen molar-refractivity contribution in [3.63, 3.8) is 0 Å². The van der Waals surface area contributed by atoms with Crippen LogP contribution in [0.25, 0.3) is 6.08 Å². The summed E-state index contributed by atoms with van der Waals surface area (Å²) in [6.45, 7) is 6.03. The highest BCUT2D eigenvalue weighted by atomic mass is 16.2. The number of hydrogen-bond acceptors (Lipinski definition) is 4. The van der Waals surface area contributed by atoms with Crippen molar-refractivity contribution in [1.82, 2.24) is 10.7 Å². The van der Waals surface area contributed by atoms with Gasteiger partial charge in [0.1, 0.15) is 5.70 Å². The lowest BCUT2D eigenvalue weighted by Crippen LogP contribution is -2.32. The number of anilines is 1. The van der Waals surface area contributed by atoms with Crippen molar-refractivity contribution < 1.29 is 9.59 Å². The summed E-state index contributed by atoms with van der Waals surface area (Å²) in [4.78, 5) is 27.8. The first-order valence-electron chi connectivity index (χ1n) is 10.9. The molecule has 0 saturated carbocycles. The first-order valence-corrected chi connectivity index (χ1v) is 10.9. The third-order valence-corrected chi connectivity index (χ3v) is 5.04. The Morgan fingerprint density at radius 2 is 1.42 bits per heavy atom. The molecule has 3 rings (SSSR count). The fraction of sp³-hybridized carbons (Fsp3) is 0.148. The molecule has 0 spiro atoms. The van der Waals surface area contributed by atoms with Crippen LogP contribution in [0.3, 0.4) is 0 Å². The quantitative estimate of drug-likeness (QED) is 0.293. The highest BCUT2D eigenvalue weighted by molar-refractivity contribution is 6.05. The van der Waals surface area contributed by atoms with E-state index in [4.69, 9.17) is 0 Å². The number of nitrogens with one attached hydrogen (secondary N) is 2. The Labute approximate surface area is 194 Å². The Morgan fingerprint density at radius 3 is 2.03 bits per heavy atom. The van der Waals surface area contributed by atoms with Crippen LogP contribution in [-0.4, -0.2) is 31.1 Å². The van der Waals surface area contributed by atoms with Crippen LogP contribution < -0.4 is 15.6 Å². The highest BCUT2D eigenvalue weighted by Gasteiger charge is 2.14. The van der Waals surface area contributed by atoms with Crippen molar-refractivity contribution in [1.29, 1.82) is 0 Å². The highest BCUT2D eigenvalue weighted by Crippen LogP contribution is 2.16. The van der Waals surface area contributed by atoms with Gasteiger partial charge < -0.3 is 10.2 Å². The van der Waals surface area contributed by atoms with Gasteiger partial charge in [0.05, 0.1) is 6.21 Å². The number of carbonyl (C=O) groups excluding carboxylic acids is 2. The topological polar surface area (TPSA) is 73.8 Å². The van der Waals surface area contributed by atoms with Crippen molar-refractivity contribution in [2.24, 2.45) is 5.10 Å². The number of benzene rings is 3. The third-order valence-electron chi connectivity index (χ3n) is 5.04. The van der Waals surface area contributed by atoms with Crippen molar-refractivity contribution in [2.75, 3.05) is 18.0 Å². The standard InChI is InChI=1S/C27H28N4O2/c1-3-31(4-2)24-17-15-21(16-18-24)19-25(29-26(32)23-13-9-6-10-14-23)27(33)30-28-20-22-11-7-5-8-12-22/h5-20H,3-4H2,1-2H3,(H,29,32)(H,30,33)/b25-19-,28-20+. The predicted molar refractivity (Wildman–Crippen MR) is 134 cm³/mol. The molecular weight excluding hydrogens is 412 g/mol. The average molecular weight is 441 g/mol. The molecule has 0 fully saturated rings. The Morgan fingerprint density at radius 1 is 0.818 bits per heavy atom. The minimum atomic E-state index is -0.515. The molecule has 6 nitrogen and oxygen atoms in total. The van der Waals surface area contributed by atoms with Gasteiger partial charge in [-0.1, -0.05) is 60.7 Å². The lowest BCUT2D eigenvalue weighted by molar-refractivity contribution is -0.117. The van der Waals surface area contributed by atoms with E-state index >= 15 is 0 Å². The van der Waals surface area contributed by atoms with Gasteiger partial charge in [0.2, 0.25) is 0 Å². The van der Waals surface area contributed by atoms with Gasteiger partial charge in [0.15, 0.2) is 0 Å². The van der Waals surface area contributed by atoms with Gasteiger partial charge in [-0.3, -0.25) is 9.59 Å². The molecule has 3 aromatic carbocycles. The molecule has 0 aliphatic rings. The van der Waals surface area contributed by atoms with Crippen LogP contribution in [0.15, 0.2) is 95.7 Å². The van der Waals surface area contributed by atoms with Gasteiger partial charge in [0, 0.05) is 24.3 Å². The van der Waals surface area contributed by atoms with Crippen LogP contribution in [0.2, 0.25) is 0 Å². The van der Waals surface area contributed by atoms with E-state index in [2.05, 4.69) is 34.6 Å². The van der Waals surface area contributed by atoms with E-state index in [0.717, 1.165) is 29.9 Å². The molecule has 0 aromatic heterocycles. The summed E-state index contributed by atoms with van der Waals surface area (Å²) in [6.07, 6.45) is 3.19. The SMILES string of the molecule is CCN(CC)c1ccc(/C=C(\NC(=O)c2ccccc2)C(=O)N/N=C/c2ccccc2)cc1. The maximum Gasteiger partial charge on any atom is 0.287 e. The fourth-order valence-electron chi connectivity index (χ4n) is 3.24. The summed E-state index contributed by atoms with van der Waals surface area (Å²) < 4.78 is 0. The number of carbonyl (C=O) groups is 2. The van der Waals surface area contributed by atoms with Gasteiger partial charge in [-0.25, -0.2) is 5.43 Å². The van der Waals surface area contributed by atoms with Crippen LogP contribution in [0, 0.1) is 0 Å². The first-order chi connectivity index (χ1) is 16.1. The molecule has 168 valence electrons. The van der Waals surface area contributed by atoms with Crippen LogP contribution in [0.4, 0.5) is 5.69 Å². The molecule has 0 radical (unpaired) electrons. The lowest BCUT2D eigenvalue weighted by Gasteiger charge is -2.20. The Hall–Kier alpha value is -4.19. The molecule has 0 bridgehead atoms. The van der Waals surface area contributed by atoms with Gasteiger partial charge in [-0.15, -0.1) is 0 Å². The minimum Gasteiger partial charge on any atom is -0.372 e. The summed E-state index contributed by atoms with van der Waals surface area (Å²) >= 11 is 0. The summed E-state index contributed by atoms with van der Waals surface area (Å²) in [7, 11) is 0.